The molecule has 21 heavy (non-hydrogen) atoms. The van der Waals surface area contributed by atoms with Crippen LogP contribution in [-0.4, -0.2) is 29.7 Å². The summed E-state index contributed by atoms with van der Waals surface area (Å²) in [4.78, 5) is 23.2. The topological polar surface area (TPSA) is 58.2 Å². The maximum atomic E-state index is 11.6. The number of amides is 2. The van der Waals surface area contributed by atoms with Crippen molar-refractivity contribution in [1.29, 1.82) is 0 Å². The molecule has 4 nitrogen and oxygen atoms in total. The van der Waals surface area contributed by atoms with Crippen molar-refractivity contribution in [1.82, 2.24) is 10.6 Å². The highest BCUT2D eigenvalue weighted by molar-refractivity contribution is 7.99. The molecule has 0 aliphatic rings. The smallest absolute Gasteiger partial charge is 0.239 e. The average Bonchev–Trinajstić information content (AvgIpc) is 2.34. The fourth-order valence-corrected chi connectivity index (χ4v) is 2.60. The van der Waals surface area contributed by atoms with Crippen LogP contribution in [0.25, 0.3) is 0 Å². The van der Waals surface area contributed by atoms with Crippen LogP contribution in [0.3, 0.4) is 0 Å². The third-order valence-electron chi connectivity index (χ3n) is 2.35. The van der Waals surface area contributed by atoms with Gasteiger partial charge in [-0.1, -0.05) is 23.7 Å². The van der Waals surface area contributed by atoms with E-state index in [4.69, 9.17) is 11.6 Å². The van der Waals surface area contributed by atoms with Gasteiger partial charge < -0.3 is 10.6 Å². The molecule has 0 atom stereocenters. The first-order chi connectivity index (χ1) is 9.76. The fraction of sp³-hybridized carbons (Fsp3) is 0.467. The zero-order valence-electron chi connectivity index (χ0n) is 12.5. The van der Waals surface area contributed by atoms with Crippen molar-refractivity contribution in [2.24, 2.45) is 0 Å². The molecule has 1 aromatic rings. The van der Waals surface area contributed by atoms with Crippen LogP contribution in [0.2, 0.25) is 5.02 Å². The maximum absolute atomic E-state index is 11.6. The molecule has 0 saturated heterocycles. The van der Waals surface area contributed by atoms with Crippen LogP contribution in [0.1, 0.15) is 26.3 Å². The van der Waals surface area contributed by atoms with Crippen molar-refractivity contribution in [2.75, 3.05) is 12.3 Å². The second-order valence-electron chi connectivity index (χ2n) is 5.70. The Kier molecular flexibility index (Phi) is 7.05. The number of hydrogen-bond acceptors (Lipinski definition) is 3. The summed E-state index contributed by atoms with van der Waals surface area (Å²) in [7, 11) is 0. The van der Waals surface area contributed by atoms with Crippen LogP contribution in [0.4, 0.5) is 0 Å². The minimum Gasteiger partial charge on any atom is -0.350 e. The molecular formula is C15H21ClN2O2S. The van der Waals surface area contributed by atoms with Gasteiger partial charge in [-0.2, -0.15) is 0 Å². The van der Waals surface area contributed by atoms with Crippen molar-refractivity contribution in [3.8, 4) is 0 Å². The minimum atomic E-state index is -0.289. The van der Waals surface area contributed by atoms with Gasteiger partial charge in [-0.05, 0) is 38.5 Å². The first kappa shape index (κ1) is 17.9. The number of hydrogen-bond donors (Lipinski definition) is 2. The maximum Gasteiger partial charge on any atom is 0.239 e. The molecule has 116 valence electrons. The lowest BCUT2D eigenvalue weighted by Gasteiger charge is -2.20. The summed E-state index contributed by atoms with van der Waals surface area (Å²) < 4.78 is 0. The van der Waals surface area contributed by atoms with Gasteiger partial charge >= 0.3 is 0 Å². The Morgan fingerprint density at radius 2 is 1.95 bits per heavy atom. The van der Waals surface area contributed by atoms with Gasteiger partial charge in [0.15, 0.2) is 0 Å². The molecule has 0 bridgehead atoms. The second-order valence-corrected chi connectivity index (χ2v) is 7.12. The number of benzene rings is 1. The zero-order chi connectivity index (χ0) is 15.9. The molecule has 0 radical (unpaired) electrons. The molecule has 0 aliphatic heterocycles. The highest BCUT2D eigenvalue weighted by Crippen LogP contribution is 2.16. The monoisotopic (exact) mass is 328 g/mol. The number of thioether (sulfide) groups is 1. The Morgan fingerprint density at radius 3 is 2.57 bits per heavy atom. The summed E-state index contributed by atoms with van der Waals surface area (Å²) in [6.45, 7) is 5.70. The molecule has 1 aromatic carbocycles. The molecule has 0 unspecified atom stereocenters. The summed E-state index contributed by atoms with van der Waals surface area (Å²) in [5.74, 6) is 0.694. The molecule has 0 saturated carbocycles. The van der Waals surface area contributed by atoms with Crippen molar-refractivity contribution in [3.63, 3.8) is 0 Å². The summed E-state index contributed by atoms with van der Waals surface area (Å²) in [6, 6.07) is 7.54. The third kappa shape index (κ3) is 8.63. The second kappa shape index (κ2) is 8.29. The van der Waals surface area contributed by atoms with Gasteiger partial charge in [0.25, 0.3) is 0 Å². The van der Waals surface area contributed by atoms with Gasteiger partial charge in [-0.15, -0.1) is 11.8 Å². The Bertz CT molecular complexity index is 501. The van der Waals surface area contributed by atoms with E-state index in [0.29, 0.717) is 16.5 Å². The standard InChI is InChI=1S/C15H21ClN2O2S/c1-15(2,3)18-13(19)8-17-14(20)10-21-9-11-5-4-6-12(16)7-11/h4-7H,8-10H2,1-3H3,(H,17,20)(H,18,19). The van der Waals surface area contributed by atoms with Gasteiger partial charge in [0.1, 0.15) is 0 Å². The summed E-state index contributed by atoms with van der Waals surface area (Å²) in [5, 5.41) is 6.08. The van der Waals surface area contributed by atoms with Crippen molar-refractivity contribution in [3.05, 3.63) is 34.9 Å². The fourth-order valence-electron chi connectivity index (χ4n) is 1.58. The van der Waals surface area contributed by atoms with E-state index in [1.54, 1.807) is 0 Å². The quantitative estimate of drug-likeness (QED) is 0.844. The molecular weight excluding hydrogens is 308 g/mol. The minimum absolute atomic E-state index is 0.00777. The van der Waals surface area contributed by atoms with Gasteiger partial charge in [-0.25, -0.2) is 0 Å². The highest BCUT2D eigenvalue weighted by Gasteiger charge is 2.14. The molecule has 1 rings (SSSR count). The van der Waals surface area contributed by atoms with Gasteiger partial charge in [0.2, 0.25) is 11.8 Å². The van der Waals surface area contributed by atoms with E-state index in [9.17, 15) is 9.59 Å². The molecule has 0 aliphatic carbocycles. The molecule has 2 amide bonds. The van der Waals surface area contributed by atoms with Crippen LogP contribution in [-0.2, 0) is 15.3 Å². The molecule has 0 fully saturated rings. The van der Waals surface area contributed by atoms with E-state index >= 15 is 0 Å². The predicted octanol–water partition coefficient (Wildman–Crippen LogP) is 2.60. The largest absolute Gasteiger partial charge is 0.350 e. The SMILES string of the molecule is CC(C)(C)NC(=O)CNC(=O)CSCc1cccc(Cl)c1. The van der Waals surface area contributed by atoms with E-state index in [0.717, 1.165) is 5.56 Å². The first-order valence-electron chi connectivity index (χ1n) is 6.66. The Balaban J connectivity index is 2.21. The highest BCUT2D eigenvalue weighted by atomic mass is 35.5. The van der Waals surface area contributed by atoms with Crippen LogP contribution < -0.4 is 10.6 Å². The van der Waals surface area contributed by atoms with E-state index in [1.807, 2.05) is 45.0 Å². The van der Waals surface area contributed by atoms with Crippen molar-refractivity contribution in [2.45, 2.75) is 32.1 Å². The van der Waals surface area contributed by atoms with Gasteiger partial charge in [-0.3, -0.25) is 9.59 Å². The molecule has 0 spiro atoms. The third-order valence-corrected chi connectivity index (χ3v) is 3.59. The number of halogens is 1. The molecule has 0 heterocycles. The number of carbonyl (C=O) groups is 2. The summed E-state index contributed by atoms with van der Waals surface area (Å²) in [6.07, 6.45) is 0. The van der Waals surface area contributed by atoms with Crippen molar-refractivity contribution < 1.29 is 9.59 Å². The van der Waals surface area contributed by atoms with Gasteiger partial charge in [0.05, 0.1) is 12.3 Å². The van der Waals surface area contributed by atoms with Gasteiger partial charge in [0, 0.05) is 16.3 Å². The van der Waals surface area contributed by atoms with Crippen molar-refractivity contribution >= 4 is 35.2 Å². The van der Waals surface area contributed by atoms with E-state index in [2.05, 4.69) is 10.6 Å². The lowest BCUT2D eigenvalue weighted by Crippen LogP contribution is -2.46. The number of nitrogens with one attached hydrogen (secondary N) is 2. The summed E-state index contributed by atoms with van der Waals surface area (Å²) in [5.41, 5.74) is 0.786. The lowest BCUT2D eigenvalue weighted by molar-refractivity contribution is -0.125. The predicted molar refractivity (Wildman–Crippen MR) is 88.5 cm³/mol. The Morgan fingerprint density at radius 1 is 1.24 bits per heavy atom. The van der Waals surface area contributed by atoms with E-state index in [1.165, 1.54) is 11.8 Å². The Hall–Kier alpha value is -1.20. The first-order valence-corrected chi connectivity index (χ1v) is 8.19. The molecule has 2 N–H and O–H groups in total. The van der Waals surface area contributed by atoms with Crippen LogP contribution in [0, 0.1) is 0 Å². The zero-order valence-corrected chi connectivity index (χ0v) is 14.1. The van der Waals surface area contributed by atoms with E-state index < -0.39 is 0 Å². The van der Waals surface area contributed by atoms with Crippen LogP contribution in [0.15, 0.2) is 24.3 Å². The Labute approximate surface area is 135 Å². The van der Waals surface area contributed by atoms with Crippen LogP contribution >= 0.6 is 23.4 Å². The number of carbonyl (C=O) groups excluding carboxylic acids is 2. The lowest BCUT2D eigenvalue weighted by atomic mass is 10.1. The normalized spacial score (nSPS) is 11.0. The average molecular weight is 329 g/mol. The van der Waals surface area contributed by atoms with Crippen LogP contribution in [0.5, 0.6) is 0 Å². The molecule has 6 heteroatoms. The summed E-state index contributed by atoms with van der Waals surface area (Å²) >= 11 is 7.38. The van der Waals surface area contributed by atoms with E-state index in [-0.39, 0.29) is 23.9 Å². The molecule has 0 aromatic heterocycles. The number of rotatable bonds is 6.